The van der Waals surface area contributed by atoms with Crippen LogP contribution in [0.15, 0.2) is 60.7 Å². The van der Waals surface area contributed by atoms with Gasteiger partial charge in [0.25, 0.3) is 5.91 Å². The molecular weight excluding hydrogens is 462 g/mol. The van der Waals surface area contributed by atoms with Crippen molar-refractivity contribution in [2.75, 3.05) is 44.7 Å². The lowest BCUT2D eigenvalue weighted by Crippen LogP contribution is -2.44. The zero-order valence-corrected chi connectivity index (χ0v) is 21.2. The highest BCUT2D eigenvalue weighted by atomic mass is 16.1. The smallest absolute Gasteiger partial charge is 0.251 e. The fraction of sp³-hybridized carbons (Fsp3) is 0.276. The van der Waals surface area contributed by atoms with Gasteiger partial charge in [0.2, 0.25) is 0 Å². The van der Waals surface area contributed by atoms with Crippen molar-refractivity contribution in [1.82, 2.24) is 30.2 Å². The molecule has 2 aromatic heterocycles. The highest BCUT2D eigenvalue weighted by Crippen LogP contribution is 2.28. The van der Waals surface area contributed by atoms with Crippen LogP contribution >= 0.6 is 0 Å². The molecule has 8 heteroatoms. The molecule has 6 rings (SSSR count). The van der Waals surface area contributed by atoms with Crippen molar-refractivity contribution < 1.29 is 4.79 Å². The quantitative estimate of drug-likeness (QED) is 0.320. The molecule has 5 aromatic rings. The Kier molecular flexibility index (Phi) is 6.10. The van der Waals surface area contributed by atoms with Crippen molar-refractivity contribution in [2.45, 2.75) is 13.3 Å². The van der Waals surface area contributed by atoms with E-state index in [2.05, 4.69) is 56.4 Å². The number of nitrogens with zero attached hydrogens (tertiary/aromatic N) is 4. The number of hydrogen-bond donors (Lipinski definition) is 3. The summed E-state index contributed by atoms with van der Waals surface area (Å²) >= 11 is 0. The van der Waals surface area contributed by atoms with Crippen LogP contribution in [0.5, 0.6) is 0 Å². The van der Waals surface area contributed by atoms with E-state index in [9.17, 15) is 4.79 Å². The third kappa shape index (κ3) is 4.68. The second-order valence-corrected chi connectivity index (χ2v) is 9.73. The van der Waals surface area contributed by atoms with Gasteiger partial charge in [-0.2, -0.15) is 0 Å². The number of carbonyl (C=O) groups is 1. The average molecular weight is 494 g/mol. The number of carbonyl (C=O) groups excluding carboxylic acids is 1. The molecule has 1 aliphatic rings. The van der Waals surface area contributed by atoms with Gasteiger partial charge in [-0.25, -0.2) is 9.97 Å². The van der Waals surface area contributed by atoms with E-state index in [0.717, 1.165) is 77.4 Å². The van der Waals surface area contributed by atoms with E-state index in [-0.39, 0.29) is 5.91 Å². The first-order valence-corrected chi connectivity index (χ1v) is 12.9. The van der Waals surface area contributed by atoms with Gasteiger partial charge in [-0.3, -0.25) is 4.79 Å². The first-order valence-electron chi connectivity index (χ1n) is 12.9. The van der Waals surface area contributed by atoms with Gasteiger partial charge in [-0.05, 0) is 62.0 Å². The van der Waals surface area contributed by atoms with Gasteiger partial charge >= 0.3 is 0 Å². The van der Waals surface area contributed by atoms with Gasteiger partial charge in [0.1, 0.15) is 11.6 Å². The number of amides is 1. The molecule has 0 radical (unpaired) electrons. The summed E-state index contributed by atoms with van der Waals surface area (Å²) in [7, 11) is 2.17. The summed E-state index contributed by atoms with van der Waals surface area (Å²) < 4.78 is 0. The molecule has 0 spiro atoms. The van der Waals surface area contributed by atoms with Crippen LogP contribution in [0.25, 0.3) is 44.8 Å². The predicted molar refractivity (Wildman–Crippen MR) is 149 cm³/mol. The van der Waals surface area contributed by atoms with Crippen molar-refractivity contribution in [1.29, 1.82) is 0 Å². The van der Waals surface area contributed by atoms with Crippen LogP contribution in [0.2, 0.25) is 0 Å². The Bertz CT molecular complexity index is 1580. The number of aromatic amines is 2. The summed E-state index contributed by atoms with van der Waals surface area (Å²) in [4.78, 5) is 33.7. The molecule has 188 valence electrons. The largest absolute Gasteiger partial charge is 0.369 e. The molecule has 3 heterocycles. The molecule has 3 aromatic carbocycles. The first-order chi connectivity index (χ1) is 18.1. The molecule has 1 amide bonds. The molecule has 0 atom stereocenters. The first kappa shape index (κ1) is 23.2. The van der Waals surface area contributed by atoms with Gasteiger partial charge in [0.15, 0.2) is 0 Å². The second kappa shape index (κ2) is 9.71. The topological polar surface area (TPSA) is 92.9 Å². The minimum absolute atomic E-state index is 0.0669. The molecule has 0 aliphatic carbocycles. The Morgan fingerprint density at radius 2 is 1.54 bits per heavy atom. The zero-order valence-electron chi connectivity index (χ0n) is 21.2. The molecule has 1 aliphatic heterocycles. The standard InChI is InChI=1S/C29H31N7O/c1-3-11-30-29(37)21-6-4-5-19(16-21)27-31-23-9-7-20(17-25(23)33-27)28-32-24-10-8-22(18-26(24)34-28)36-14-12-35(2)13-15-36/h4-10,16-18H,3,11-15H2,1-2H3,(H,30,37)(H,31,33)(H,32,34). The number of imidazole rings is 2. The predicted octanol–water partition coefficient (Wildman–Crippen LogP) is 4.66. The van der Waals surface area contributed by atoms with Crippen molar-refractivity contribution >= 4 is 33.7 Å². The maximum Gasteiger partial charge on any atom is 0.251 e. The van der Waals surface area contributed by atoms with Crippen LogP contribution in [-0.2, 0) is 0 Å². The Labute approximate surface area is 215 Å². The molecule has 8 nitrogen and oxygen atoms in total. The Balaban J connectivity index is 1.27. The van der Waals surface area contributed by atoms with Gasteiger partial charge in [-0.15, -0.1) is 0 Å². The fourth-order valence-electron chi connectivity index (χ4n) is 4.84. The maximum atomic E-state index is 12.4. The number of rotatable bonds is 6. The van der Waals surface area contributed by atoms with Crippen LogP contribution in [-0.4, -0.2) is 70.5 Å². The summed E-state index contributed by atoms with van der Waals surface area (Å²) in [5.74, 6) is 1.50. The lowest BCUT2D eigenvalue weighted by Gasteiger charge is -2.34. The number of benzene rings is 3. The van der Waals surface area contributed by atoms with Crippen molar-refractivity contribution in [2.24, 2.45) is 0 Å². The van der Waals surface area contributed by atoms with E-state index in [4.69, 9.17) is 9.97 Å². The third-order valence-corrected chi connectivity index (χ3v) is 7.02. The van der Waals surface area contributed by atoms with E-state index in [1.807, 2.05) is 43.3 Å². The average Bonchev–Trinajstić information content (AvgIpc) is 3.55. The van der Waals surface area contributed by atoms with E-state index in [0.29, 0.717) is 12.1 Å². The lowest BCUT2D eigenvalue weighted by atomic mass is 10.1. The van der Waals surface area contributed by atoms with E-state index >= 15 is 0 Å². The number of piperazine rings is 1. The lowest BCUT2D eigenvalue weighted by molar-refractivity contribution is 0.0953. The Morgan fingerprint density at radius 3 is 2.27 bits per heavy atom. The molecular formula is C29H31N7O. The minimum atomic E-state index is -0.0669. The summed E-state index contributed by atoms with van der Waals surface area (Å²) in [6.45, 7) is 6.93. The monoisotopic (exact) mass is 493 g/mol. The number of likely N-dealkylation sites (N-methyl/N-ethyl adjacent to an activating group) is 1. The second-order valence-electron chi connectivity index (χ2n) is 9.73. The molecule has 0 unspecified atom stereocenters. The SMILES string of the molecule is CCCNC(=O)c1cccc(-c2nc3ccc(-c4nc5ccc(N6CCN(C)CC6)cc5[nH]4)cc3[nH]2)c1. The summed E-state index contributed by atoms with van der Waals surface area (Å²) in [6, 6.07) is 20.1. The number of nitrogens with one attached hydrogen (secondary N) is 3. The van der Waals surface area contributed by atoms with Gasteiger partial charge in [0, 0.05) is 55.1 Å². The van der Waals surface area contributed by atoms with E-state index in [1.165, 1.54) is 5.69 Å². The summed E-state index contributed by atoms with van der Waals surface area (Å²) in [6.07, 6.45) is 0.903. The van der Waals surface area contributed by atoms with Crippen LogP contribution in [0, 0.1) is 0 Å². The van der Waals surface area contributed by atoms with Gasteiger partial charge < -0.3 is 25.1 Å². The van der Waals surface area contributed by atoms with Crippen LogP contribution in [0.3, 0.4) is 0 Å². The Hall–Kier alpha value is -4.17. The van der Waals surface area contributed by atoms with Crippen LogP contribution in [0.4, 0.5) is 5.69 Å². The number of fused-ring (bicyclic) bond motifs is 2. The molecule has 37 heavy (non-hydrogen) atoms. The van der Waals surface area contributed by atoms with Gasteiger partial charge in [0.05, 0.1) is 22.1 Å². The highest BCUT2D eigenvalue weighted by molar-refractivity contribution is 5.95. The Morgan fingerprint density at radius 1 is 0.865 bits per heavy atom. The molecule has 1 fully saturated rings. The van der Waals surface area contributed by atoms with Crippen LogP contribution < -0.4 is 10.2 Å². The number of hydrogen-bond acceptors (Lipinski definition) is 5. The fourth-order valence-corrected chi connectivity index (χ4v) is 4.84. The van der Waals surface area contributed by atoms with E-state index < -0.39 is 0 Å². The highest BCUT2D eigenvalue weighted by Gasteiger charge is 2.16. The number of H-pyrrole nitrogens is 2. The zero-order chi connectivity index (χ0) is 25.4. The maximum absolute atomic E-state index is 12.4. The number of aromatic nitrogens is 4. The molecule has 3 N–H and O–H groups in total. The van der Waals surface area contributed by atoms with Crippen molar-refractivity contribution in [3.8, 4) is 22.8 Å². The van der Waals surface area contributed by atoms with Crippen molar-refractivity contribution in [3.05, 3.63) is 66.2 Å². The molecule has 0 bridgehead atoms. The molecule has 0 saturated carbocycles. The summed E-state index contributed by atoms with van der Waals surface area (Å²) in [5, 5.41) is 2.93. The van der Waals surface area contributed by atoms with Crippen LogP contribution in [0.1, 0.15) is 23.7 Å². The molecule has 1 saturated heterocycles. The summed E-state index contributed by atoms with van der Waals surface area (Å²) in [5.41, 5.74) is 7.52. The third-order valence-electron chi connectivity index (χ3n) is 7.02. The van der Waals surface area contributed by atoms with Gasteiger partial charge in [-0.1, -0.05) is 19.1 Å². The minimum Gasteiger partial charge on any atom is -0.369 e. The van der Waals surface area contributed by atoms with E-state index in [1.54, 1.807) is 0 Å². The number of anilines is 1. The van der Waals surface area contributed by atoms with Crippen molar-refractivity contribution in [3.63, 3.8) is 0 Å². The normalized spacial score (nSPS) is 14.5.